The first kappa shape index (κ1) is 25.6. The molecule has 11 heteroatoms. The van der Waals surface area contributed by atoms with Crippen molar-refractivity contribution in [2.45, 2.75) is 44.9 Å². The molecule has 2 aliphatic heterocycles. The summed E-state index contributed by atoms with van der Waals surface area (Å²) >= 11 is 0. The number of urea groups is 1. The summed E-state index contributed by atoms with van der Waals surface area (Å²) in [5.41, 5.74) is 0.968. The van der Waals surface area contributed by atoms with Crippen LogP contribution in [0.3, 0.4) is 0 Å². The monoisotopic (exact) mass is 499 g/mol. The average molecular weight is 500 g/mol. The highest BCUT2D eigenvalue weighted by atomic mass is 16.7. The van der Waals surface area contributed by atoms with E-state index in [0.29, 0.717) is 37.3 Å². The number of methoxy groups -OCH3 is 2. The molecule has 1 atom stereocenters. The van der Waals surface area contributed by atoms with E-state index in [-0.39, 0.29) is 17.8 Å². The van der Waals surface area contributed by atoms with Crippen LogP contribution in [0.15, 0.2) is 30.3 Å². The number of ether oxygens (including phenoxy) is 4. The van der Waals surface area contributed by atoms with Crippen LogP contribution in [0.25, 0.3) is 0 Å². The number of carbonyl (C=O) groups excluding carboxylic acids is 2. The fourth-order valence-corrected chi connectivity index (χ4v) is 4.18. The highest BCUT2D eigenvalue weighted by molar-refractivity contribution is 6.04. The molecule has 4 rings (SSSR count). The van der Waals surface area contributed by atoms with Gasteiger partial charge in [0.25, 0.3) is 0 Å². The number of rotatable bonds is 10. The summed E-state index contributed by atoms with van der Waals surface area (Å²) in [4.78, 5) is 38.0. The van der Waals surface area contributed by atoms with Gasteiger partial charge in [-0.15, -0.1) is 0 Å². The Balaban J connectivity index is 1.38. The SMILES string of the molecule is COC(=O)c1ccc2c(n1)N(C(=O)Nc1cccc(OCCCCOC(C)(C)OC)n1)C1CCN2C1. The number of amides is 2. The molecular formula is C25H33N5O6. The fourth-order valence-electron chi connectivity index (χ4n) is 4.18. The molecule has 2 amide bonds. The van der Waals surface area contributed by atoms with E-state index in [0.717, 1.165) is 31.5 Å². The van der Waals surface area contributed by atoms with Crippen LogP contribution in [0.2, 0.25) is 0 Å². The third-order valence-corrected chi connectivity index (χ3v) is 6.25. The molecule has 1 unspecified atom stereocenters. The van der Waals surface area contributed by atoms with Crippen molar-refractivity contribution in [1.29, 1.82) is 0 Å². The maximum atomic E-state index is 13.4. The molecule has 11 nitrogen and oxygen atoms in total. The second-order valence-electron chi connectivity index (χ2n) is 9.09. The van der Waals surface area contributed by atoms with E-state index in [9.17, 15) is 9.59 Å². The van der Waals surface area contributed by atoms with Gasteiger partial charge < -0.3 is 23.8 Å². The van der Waals surface area contributed by atoms with Crippen LogP contribution in [0.5, 0.6) is 5.88 Å². The van der Waals surface area contributed by atoms with Crippen LogP contribution >= 0.6 is 0 Å². The first-order valence-corrected chi connectivity index (χ1v) is 12.0. The van der Waals surface area contributed by atoms with Crippen LogP contribution < -0.4 is 19.9 Å². The minimum absolute atomic E-state index is 0.0531. The highest BCUT2D eigenvalue weighted by Gasteiger charge is 2.40. The van der Waals surface area contributed by atoms with Crippen molar-refractivity contribution in [2.24, 2.45) is 0 Å². The number of carbonyl (C=O) groups is 2. The van der Waals surface area contributed by atoms with Gasteiger partial charge in [0.05, 0.1) is 32.1 Å². The molecule has 0 saturated carbocycles. The fraction of sp³-hybridized carbons (Fsp3) is 0.520. The van der Waals surface area contributed by atoms with Gasteiger partial charge in [-0.25, -0.2) is 14.6 Å². The Hall–Kier alpha value is -3.44. The smallest absolute Gasteiger partial charge is 0.356 e. The van der Waals surface area contributed by atoms with Crippen LogP contribution in [-0.2, 0) is 14.2 Å². The summed E-state index contributed by atoms with van der Waals surface area (Å²) in [6.45, 7) is 6.30. The summed E-state index contributed by atoms with van der Waals surface area (Å²) in [6.07, 6.45) is 2.41. The zero-order valence-corrected chi connectivity index (χ0v) is 21.2. The van der Waals surface area contributed by atoms with Gasteiger partial charge in [-0.3, -0.25) is 10.2 Å². The Morgan fingerprint density at radius 3 is 2.69 bits per heavy atom. The molecule has 1 saturated heterocycles. The van der Waals surface area contributed by atoms with Crippen LogP contribution in [0.4, 0.5) is 22.1 Å². The predicted molar refractivity (Wildman–Crippen MR) is 134 cm³/mol. The van der Waals surface area contributed by atoms with E-state index >= 15 is 0 Å². The first-order valence-electron chi connectivity index (χ1n) is 12.0. The van der Waals surface area contributed by atoms with E-state index in [4.69, 9.17) is 18.9 Å². The standard InChI is InChI=1S/C25H33N5O6/c1-25(2,34-4)36-15-6-5-14-35-21-9-7-8-20(27-21)28-24(32)30-17-12-13-29(16-17)19-11-10-18(23(31)33-3)26-22(19)30/h7-11,17H,5-6,12-16H2,1-4H3,(H,27,28,32). The molecule has 1 N–H and O–H groups in total. The average Bonchev–Trinajstić information content (AvgIpc) is 3.29. The maximum Gasteiger partial charge on any atom is 0.356 e. The van der Waals surface area contributed by atoms with E-state index in [2.05, 4.69) is 20.2 Å². The van der Waals surface area contributed by atoms with Crippen molar-refractivity contribution in [3.05, 3.63) is 36.0 Å². The van der Waals surface area contributed by atoms with E-state index < -0.39 is 11.8 Å². The largest absolute Gasteiger partial charge is 0.478 e. The number of unbranched alkanes of at least 4 members (excludes halogenated alkanes) is 1. The lowest BCUT2D eigenvalue weighted by molar-refractivity contribution is -0.197. The van der Waals surface area contributed by atoms with Crippen molar-refractivity contribution in [3.63, 3.8) is 0 Å². The van der Waals surface area contributed by atoms with E-state index in [1.807, 2.05) is 19.9 Å². The Morgan fingerprint density at radius 2 is 1.92 bits per heavy atom. The third-order valence-electron chi connectivity index (χ3n) is 6.25. The van der Waals surface area contributed by atoms with Gasteiger partial charge in [0.1, 0.15) is 5.82 Å². The molecule has 0 spiro atoms. The molecule has 4 heterocycles. The predicted octanol–water partition coefficient (Wildman–Crippen LogP) is 3.45. The molecule has 2 aliphatic rings. The van der Waals surface area contributed by atoms with Crippen molar-refractivity contribution < 1.29 is 28.5 Å². The Bertz CT molecular complexity index is 1090. The van der Waals surface area contributed by atoms with Crippen molar-refractivity contribution in [3.8, 4) is 5.88 Å². The van der Waals surface area contributed by atoms with E-state index in [1.165, 1.54) is 7.11 Å². The Morgan fingerprint density at radius 1 is 1.11 bits per heavy atom. The van der Waals surface area contributed by atoms with Gasteiger partial charge in [0.15, 0.2) is 17.3 Å². The van der Waals surface area contributed by atoms with Crippen LogP contribution in [0, 0.1) is 0 Å². The van der Waals surface area contributed by atoms with Crippen molar-refractivity contribution in [2.75, 3.05) is 55.6 Å². The Kier molecular flexibility index (Phi) is 7.90. The quantitative estimate of drug-likeness (QED) is 0.298. The molecule has 36 heavy (non-hydrogen) atoms. The summed E-state index contributed by atoms with van der Waals surface area (Å²) < 4.78 is 21.4. The van der Waals surface area contributed by atoms with Gasteiger partial charge in [-0.1, -0.05) is 6.07 Å². The van der Waals surface area contributed by atoms with Crippen LogP contribution in [0.1, 0.15) is 43.6 Å². The second kappa shape index (κ2) is 11.1. The number of anilines is 3. The number of hydrogen-bond acceptors (Lipinski definition) is 9. The normalized spacial score (nSPS) is 16.5. The summed E-state index contributed by atoms with van der Waals surface area (Å²) in [7, 11) is 2.92. The first-order chi connectivity index (χ1) is 17.3. The summed E-state index contributed by atoms with van der Waals surface area (Å²) in [5, 5.41) is 2.86. The summed E-state index contributed by atoms with van der Waals surface area (Å²) in [6, 6.07) is 8.24. The van der Waals surface area contributed by atoms with E-state index in [1.54, 1.807) is 36.3 Å². The van der Waals surface area contributed by atoms with Gasteiger partial charge in [-0.05, 0) is 51.3 Å². The minimum Gasteiger partial charge on any atom is -0.478 e. The van der Waals surface area contributed by atoms with Crippen LogP contribution in [-0.4, -0.2) is 74.3 Å². The minimum atomic E-state index is -0.600. The number of fused-ring (bicyclic) bond motifs is 4. The number of nitrogens with zero attached hydrogens (tertiary/aromatic N) is 4. The zero-order chi connectivity index (χ0) is 25.7. The number of pyridine rings is 2. The van der Waals surface area contributed by atoms with Gasteiger partial charge in [0, 0.05) is 26.3 Å². The van der Waals surface area contributed by atoms with Gasteiger partial charge in [0.2, 0.25) is 5.88 Å². The molecule has 0 aromatic carbocycles. The lowest BCUT2D eigenvalue weighted by Gasteiger charge is -2.35. The molecule has 194 valence electrons. The lowest BCUT2D eigenvalue weighted by atomic mass is 10.2. The number of hydrogen-bond donors (Lipinski definition) is 1. The molecular weight excluding hydrogens is 466 g/mol. The summed E-state index contributed by atoms with van der Waals surface area (Å²) in [5.74, 6) is 0.0793. The molecule has 2 aromatic rings. The maximum absolute atomic E-state index is 13.4. The second-order valence-corrected chi connectivity index (χ2v) is 9.09. The highest BCUT2D eigenvalue weighted by Crippen LogP contribution is 2.39. The van der Waals surface area contributed by atoms with Crippen molar-refractivity contribution >= 4 is 29.3 Å². The Labute approximate surface area is 210 Å². The molecule has 2 bridgehead atoms. The third kappa shape index (κ3) is 5.85. The van der Waals surface area contributed by atoms with Crippen molar-refractivity contribution in [1.82, 2.24) is 9.97 Å². The topological polar surface area (TPSA) is 115 Å². The molecule has 0 radical (unpaired) electrons. The molecule has 1 fully saturated rings. The number of aromatic nitrogens is 2. The lowest BCUT2D eigenvalue weighted by Crippen LogP contribution is -2.48. The van der Waals surface area contributed by atoms with Gasteiger partial charge >= 0.3 is 12.0 Å². The zero-order valence-electron chi connectivity index (χ0n) is 21.2. The number of esters is 1. The number of nitrogens with one attached hydrogen (secondary N) is 1. The van der Waals surface area contributed by atoms with Gasteiger partial charge in [-0.2, -0.15) is 4.98 Å². The molecule has 0 aliphatic carbocycles. The molecule has 2 aromatic heterocycles.